The van der Waals surface area contributed by atoms with Gasteiger partial charge in [0.1, 0.15) is 23.4 Å². The molecule has 0 aliphatic heterocycles. The molecule has 0 spiro atoms. The lowest BCUT2D eigenvalue weighted by molar-refractivity contribution is -0.0498. The van der Waals surface area contributed by atoms with E-state index < -0.39 is 6.61 Å². The Bertz CT molecular complexity index is 1040. The van der Waals surface area contributed by atoms with Gasteiger partial charge in [-0.1, -0.05) is 0 Å². The predicted octanol–water partition coefficient (Wildman–Crippen LogP) is 4.83. The maximum absolute atomic E-state index is 13.1. The van der Waals surface area contributed by atoms with E-state index in [1.807, 2.05) is 10.6 Å². The van der Waals surface area contributed by atoms with Gasteiger partial charge in [0.15, 0.2) is 0 Å². The third kappa shape index (κ3) is 3.11. The lowest BCUT2D eigenvalue weighted by Gasteiger charge is -2.08. The zero-order valence-electron chi connectivity index (χ0n) is 13.3. The van der Waals surface area contributed by atoms with Crippen LogP contribution in [0.5, 0.6) is 5.75 Å². The minimum atomic E-state index is -2.86. The molecule has 0 aliphatic carbocycles. The van der Waals surface area contributed by atoms with Gasteiger partial charge in [0, 0.05) is 11.3 Å². The topological polar surface area (TPSA) is 39.9 Å². The number of imidazole rings is 1. The van der Waals surface area contributed by atoms with Crippen LogP contribution in [0.4, 0.5) is 13.2 Å². The predicted molar refractivity (Wildman–Crippen MR) is 90.9 cm³/mol. The Labute approximate surface area is 146 Å². The number of aromatic nitrogens is 3. The molecular weight excluding hydrogens is 343 g/mol. The first kappa shape index (κ1) is 16.1. The summed E-state index contributed by atoms with van der Waals surface area (Å²) < 4.78 is 43.8. The number of rotatable bonds is 4. The molecule has 130 valence electrons. The Kier molecular flexibility index (Phi) is 4.04. The van der Waals surface area contributed by atoms with Gasteiger partial charge >= 0.3 is 6.61 Å². The molecule has 4 aromatic rings. The fraction of sp³-hybridized carbons (Fsp3) is 0.0526. The van der Waals surface area contributed by atoms with Crippen LogP contribution < -0.4 is 4.74 Å². The highest BCUT2D eigenvalue weighted by molar-refractivity contribution is 5.81. The van der Waals surface area contributed by atoms with Crippen molar-refractivity contribution in [3.63, 3.8) is 0 Å². The van der Waals surface area contributed by atoms with Crippen molar-refractivity contribution < 1.29 is 17.9 Å². The van der Waals surface area contributed by atoms with Gasteiger partial charge in [-0.15, -0.1) is 0 Å². The van der Waals surface area contributed by atoms with Gasteiger partial charge in [0.25, 0.3) is 0 Å². The molecule has 0 radical (unpaired) electrons. The van der Waals surface area contributed by atoms with E-state index in [0.29, 0.717) is 11.2 Å². The summed E-state index contributed by atoms with van der Waals surface area (Å²) in [4.78, 5) is 8.66. The molecule has 2 aromatic heterocycles. The highest BCUT2D eigenvalue weighted by Crippen LogP contribution is 2.25. The van der Waals surface area contributed by atoms with Crippen LogP contribution in [0.15, 0.2) is 67.1 Å². The van der Waals surface area contributed by atoms with Crippen molar-refractivity contribution in [2.75, 3.05) is 0 Å². The molecule has 0 aliphatic rings. The number of halogens is 3. The summed E-state index contributed by atoms with van der Waals surface area (Å²) in [6.45, 7) is -2.86. The van der Waals surface area contributed by atoms with Crippen LogP contribution in [0.2, 0.25) is 0 Å². The van der Waals surface area contributed by atoms with Crippen molar-refractivity contribution >= 4 is 11.0 Å². The Morgan fingerprint density at radius 1 is 0.923 bits per heavy atom. The number of pyridine rings is 1. The molecule has 0 bridgehead atoms. The Hall–Kier alpha value is -3.35. The number of benzene rings is 2. The third-order valence-corrected chi connectivity index (χ3v) is 3.91. The van der Waals surface area contributed by atoms with E-state index in [0.717, 1.165) is 16.8 Å². The van der Waals surface area contributed by atoms with Gasteiger partial charge < -0.3 is 4.74 Å². The van der Waals surface area contributed by atoms with Gasteiger partial charge in [-0.05, 0) is 54.6 Å². The summed E-state index contributed by atoms with van der Waals surface area (Å²) in [5, 5.41) is 0. The fourth-order valence-corrected chi connectivity index (χ4v) is 2.68. The average molecular weight is 355 g/mol. The van der Waals surface area contributed by atoms with Gasteiger partial charge in [0.2, 0.25) is 0 Å². The molecule has 2 aromatic carbocycles. The first-order valence-corrected chi connectivity index (χ1v) is 7.74. The molecule has 4 nitrogen and oxygen atoms in total. The van der Waals surface area contributed by atoms with E-state index in [-0.39, 0.29) is 11.6 Å². The van der Waals surface area contributed by atoms with Crippen LogP contribution in [-0.2, 0) is 0 Å². The van der Waals surface area contributed by atoms with Crippen molar-refractivity contribution in [3.05, 3.63) is 72.9 Å². The zero-order chi connectivity index (χ0) is 18.1. The van der Waals surface area contributed by atoms with Crippen LogP contribution in [0.25, 0.3) is 28.0 Å². The van der Waals surface area contributed by atoms with Gasteiger partial charge in [0.05, 0.1) is 17.4 Å². The van der Waals surface area contributed by atoms with Crippen LogP contribution in [0, 0.1) is 5.82 Å². The van der Waals surface area contributed by atoms with Crippen LogP contribution in [0.1, 0.15) is 0 Å². The quantitative estimate of drug-likeness (QED) is 0.526. The fourth-order valence-electron chi connectivity index (χ4n) is 2.68. The lowest BCUT2D eigenvalue weighted by Crippen LogP contribution is -2.02. The van der Waals surface area contributed by atoms with Gasteiger partial charge in [-0.25, -0.2) is 9.37 Å². The van der Waals surface area contributed by atoms with Gasteiger partial charge in [-0.2, -0.15) is 8.78 Å². The highest BCUT2D eigenvalue weighted by Gasteiger charge is 2.09. The van der Waals surface area contributed by atoms with E-state index in [9.17, 15) is 13.2 Å². The summed E-state index contributed by atoms with van der Waals surface area (Å²) in [6.07, 6.45) is 3.27. The van der Waals surface area contributed by atoms with E-state index in [4.69, 9.17) is 0 Å². The molecule has 7 heteroatoms. The SMILES string of the molecule is Fc1ccc(-c2cc3c(cn2)ncn3-c2ccc(OC(F)F)cc2)cc1. The van der Waals surface area contributed by atoms with E-state index >= 15 is 0 Å². The molecular formula is C19H12F3N3O. The molecule has 0 saturated heterocycles. The number of fused-ring (bicyclic) bond motifs is 1. The molecule has 0 N–H and O–H groups in total. The molecule has 2 heterocycles. The van der Waals surface area contributed by atoms with E-state index in [1.165, 1.54) is 24.3 Å². The van der Waals surface area contributed by atoms with Crippen molar-refractivity contribution in [2.45, 2.75) is 6.61 Å². The maximum Gasteiger partial charge on any atom is 0.387 e. The number of ether oxygens (including phenoxy) is 1. The summed E-state index contributed by atoms with van der Waals surface area (Å²) >= 11 is 0. The monoisotopic (exact) mass is 355 g/mol. The van der Waals surface area contributed by atoms with Gasteiger partial charge in [-0.3, -0.25) is 9.55 Å². The maximum atomic E-state index is 13.1. The largest absolute Gasteiger partial charge is 0.435 e. The Morgan fingerprint density at radius 2 is 1.65 bits per heavy atom. The first-order chi connectivity index (χ1) is 12.6. The van der Waals surface area contributed by atoms with E-state index in [2.05, 4.69) is 14.7 Å². The number of hydrogen-bond donors (Lipinski definition) is 0. The normalized spacial score (nSPS) is 11.2. The summed E-state index contributed by atoms with van der Waals surface area (Å²) in [6, 6.07) is 14.2. The second kappa shape index (κ2) is 6.51. The van der Waals surface area contributed by atoms with Crippen molar-refractivity contribution in [3.8, 4) is 22.7 Å². The minimum Gasteiger partial charge on any atom is -0.435 e. The minimum absolute atomic E-state index is 0.0850. The second-order valence-electron chi connectivity index (χ2n) is 5.55. The summed E-state index contributed by atoms with van der Waals surface area (Å²) in [7, 11) is 0. The highest BCUT2D eigenvalue weighted by atomic mass is 19.3. The van der Waals surface area contributed by atoms with Crippen molar-refractivity contribution in [1.82, 2.24) is 14.5 Å². The molecule has 26 heavy (non-hydrogen) atoms. The molecule has 0 amide bonds. The lowest BCUT2D eigenvalue weighted by atomic mass is 10.1. The number of hydrogen-bond acceptors (Lipinski definition) is 3. The van der Waals surface area contributed by atoms with Crippen molar-refractivity contribution in [2.24, 2.45) is 0 Å². The zero-order valence-corrected chi connectivity index (χ0v) is 13.3. The summed E-state index contributed by atoms with van der Waals surface area (Å²) in [5.74, 6) is -0.229. The molecule has 0 atom stereocenters. The van der Waals surface area contributed by atoms with Crippen LogP contribution in [-0.4, -0.2) is 21.1 Å². The second-order valence-corrected chi connectivity index (χ2v) is 5.55. The number of nitrogens with zero attached hydrogens (tertiary/aromatic N) is 3. The molecule has 0 unspecified atom stereocenters. The number of alkyl halides is 2. The smallest absolute Gasteiger partial charge is 0.387 e. The first-order valence-electron chi connectivity index (χ1n) is 7.74. The standard InChI is InChI=1S/C19H12F3N3O/c20-13-3-1-12(2-4-13)16-9-18-17(10-23-16)24-11-25(18)14-5-7-15(8-6-14)26-19(21)22/h1-11,19H. The molecule has 4 rings (SSSR count). The summed E-state index contributed by atoms with van der Waals surface area (Å²) in [5.41, 5.74) is 3.68. The Balaban J connectivity index is 1.73. The van der Waals surface area contributed by atoms with Crippen LogP contribution in [0.3, 0.4) is 0 Å². The van der Waals surface area contributed by atoms with E-state index in [1.54, 1.807) is 36.8 Å². The average Bonchev–Trinajstić information content (AvgIpc) is 3.06. The Morgan fingerprint density at radius 3 is 2.35 bits per heavy atom. The van der Waals surface area contributed by atoms with Crippen LogP contribution >= 0.6 is 0 Å². The third-order valence-electron chi connectivity index (χ3n) is 3.91. The molecule has 0 saturated carbocycles. The van der Waals surface area contributed by atoms with Crippen molar-refractivity contribution in [1.29, 1.82) is 0 Å². The molecule has 0 fully saturated rings.